The Labute approximate surface area is 196 Å². The minimum absolute atomic E-state index is 0.0394. The topological polar surface area (TPSA) is 67.8 Å². The first kappa shape index (κ1) is 21.2. The van der Waals surface area contributed by atoms with Crippen LogP contribution in [-0.2, 0) is 0 Å². The number of amides is 1. The van der Waals surface area contributed by atoms with Gasteiger partial charge in [-0.2, -0.15) is 0 Å². The zero-order chi connectivity index (χ0) is 22.8. The van der Waals surface area contributed by atoms with Gasteiger partial charge in [-0.3, -0.25) is 4.79 Å². The summed E-state index contributed by atoms with van der Waals surface area (Å²) in [4.78, 5) is 27.4. The molecule has 3 heterocycles. The summed E-state index contributed by atoms with van der Waals surface area (Å²) in [5.74, 6) is 2.06. The molecule has 0 bridgehead atoms. The molecule has 0 radical (unpaired) electrons. The van der Waals surface area contributed by atoms with Crippen molar-refractivity contribution in [3.8, 4) is 22.6 Å². The Balaban J connectivity index is 1.38. The summed E-state index contributed by atoms with van der Waals surface area (Å²) >= 11 is 1.63. The minimum Gasteiger partial charge on any atom is -0.497 e. The number of nitrogens with zero attached hydrogens (tertiary/aromatic N) is 4. The molecule has 4 aromatic rings. The molecule has 1 fully saturated rings. The van der Waals surface area contributed by atoms with Crippen LogP contribution < -0.4 is 14.4 Å². The Morgan fingerprint density at radius 2 is 1.76 bits per heavy atom. The number of thiophene rings is 1. The molecule has 2 aromatic heterocycles. The lowest BCUT2D eigenvalue weighted by atomic mass is 10.1. The number of anilines is 1. The van der Waals surface area contributed by atoms with Crippen LogP contribution in [0.25, 0.3) is 21.3 Å². The molecule has 1 amide bonds. The van der Waals surface area contributed by atoms with Crippen molar-refractivity contribution in [2.75, 3.05) is 45.3 Å². The summed E-state index contributed by atoms with van der Waals surface area (Å²) < 4.78 is 10.7. The number of ether oxygens (including phenoxy) is 2. The van der Waals surface area contributed by atoms with Crippen molar-refractivity contribution in [2.24, 2.45) is 0 Å². The maximum atomic E-state index is 13.2. The van der Waals surface area contributed by atoms with E-state index in [0.717, 1.165) is 27.2 Å². The number of methoxy groups -OCH3 is 2. The average molecular weight is 461 g/mol. The molecule has 33 heavy (non-hydrogen) atoms. The summed E-state index contributed by atoms with van der Waals surface area (Å²) in [6.45, 7) is 2.59. The lowest BCUT2D eigenvalue weighted by Gasteiger charge is -2.36. The number of aromatic nitrogens is 2. The van der Waals surface area contributed by atoms with Crippen LogP contribution in [-0.4, -0.2) is 61.2 Å². The number of hydrogen-bond acceptors (Lipinski definition) is 7. The first-order valence-electron chi connectivity index (χ1n) is 10.7. The second-order valence-electron chi connectivity index (χ2n) is 7.74. The van der Waals surface area contributed by atoms with E-state index in [-0.39, 0.29) is 5.91 Å². The van der Waals surface area contributed by atoms with Crippen molar-refractivity contribution in [3.05, 3.63) is 65.8 Å². The smallest absolute Gasteiger partial charge is 0.257 e. The molecular formula is C25H24N4O3S. The Morgan fingerprint density at radius 1 is 0.970 bits per heavy atom. The van der Waals surface area contributed by atoms with E-state index >= 15 is 0 Å². The van der Waals surface area contributed by atoms with Gasteiger partial charge in [-0.1, -0.05) is 30.3 Å². The van der Waals surface area contributed by atoms with Gasteiger partial charge in [0.15, 0.2) is 0 Å². The van der Waals surface area contributed by atoms with Gasteiger partial charge in [0.1, 0.15) is 28.5 Å². The number of carbonyl (C=O) groups excluding carboxylic acids is 1. The fraction of sp³-hybridized carbons (Fsp3) is 0.240. The highest BCUT2D eigenvalue weighted by molar-refractivity contribution is 7.17. The molecule has 1 aliphatic heterocycles. The van der Waals surface area contributed by atoms with Gasteiger partial charge in [-0.05, 0) is 17.7 Å². The van der Waals surface area contributed by atoms with E-state index < -0.39 is 0 Å². The molecule has 0 unspecified atom stereocenters. The molecule has 0 N–H and O–H groups in total. The highest BCUT2D eigenvalue weighted by Gasteiger charge is 2.27. The summed E-state index contributed by atoms with van der Waals surface area (Å²) in [6, 6.07) is 15.6. The highest BCUT2D eigenvalue weighted by atomic mass is 32.1. The van der Waals surface area contributed by atoms with Crippen molar-refractivity contribution in [3.63, 3.8) is 0 Å². The zero-order valence-electron chi connectivity index (χ0n) is 18.5. The number of piperazine rings is 1. The summed E-state index contributed by atoms with van der Waals surface area (Å²) in [7, 11) is 3.16. The number of rotatable bonds is 5. The lowest BCUT2D eigenvalue weighted by Crippen LogP contribution is -2.49. The quantitative estimate of drug-likeness (QED) is 0.441. The molecule has 0 saturated carbocycles. The fourth-order valence-electron chi connectivity index (χ4n) is 4.20. The van der Waals surface area contributed by atoms with Gasteiger partial charge in [-0.25, -0.2) is 9.97 Å². The summed E-state index contributed by atoms with van der Waals surface area (Å²) in [5, 5.41) is 3.22. The normalized spacial score (nSPS) is 13.9. The molecule has 1 saturated heterocycles. The highest BCUT2D eigenvalue weighted by Crippen LogP contribution is 2.38. The van der Waals surface area contributed by atoms with E-state index in [1.807, 2.05) is 23.1 Å². The van der Waals surface area contributed by atoms with Crippen molar-refractivity contribution >= 4 is 33.3 Å². The molecule has 0 atom stereocenters. The van der Waals surface area contributed by atoms with Crippen LogP contribution in [0.2, 0.25) is 0 Å². The van der Waals surface area contributed by atoms with E-state index in [1.165, 1.54) is 0 Å². The van der Waals surface area contributed by atoms with E-state index in [1.54, 1.807) is 50.1 Å². The maximum Gasteiger partial charge on any atom is 0.257 e. The lowest BCUT2D eigenvalue weighted by molar-refractivity contribution is 0.0743. The van der Waals surface area contributed by atoms with E-state index in [4.69, 9.17) is 9.47 Å². The molecule has 5 rings (SSSR count). The monoisotopic (exact) mass is 460 g/mol. The number of carbonyl (C=O) groups is 1. The van der Waals surface area contributed by atoms with Crippen molar-refractivity contribution < 1.29 is 14.3 Å². The third-order valence-corrected chi connectivity index (χ3v) is 6.83. The van der Waals surface area contributed by atoms with Gasteiger partial charge in [0.25, 0.3) is 5.91 Å². The van der Waals surface area contributed by atoms with Gasteiger partial charge >= 0.3 is 0 Å². The first-order valence-corrected chi connectivity index (χ1v) is 11.6. The molecule has 8 heteroatoms. The van der Waals surface area contributed by atoms with Crippen LogP contribution in [0.5, 0.6) is 11.5 Å². The average Bonchev–Trinajstić information content (AvgIpc) is 3.33. The Morgan fingerprint density at radius 3 is 2.48 bits per heavy atom. The van der Waals surface area contributed by atoms with E-state index in [0.29, 0.717) is 43.2 Å². The van der Waals surface area contributed by atoms with Crippen LogP contribution in [0.15, 0.2) is 60.2 Å². The minimum atomic E-state index is -0.0394. The third kappa shape index (κ3) is 3.98. The molecular weight excluding hydrogens is 436 g/mol. The second-order valence-corrected chi connectivity index (χ2v) is 8.60. The second kappa shape index (κ2) is 9.07. The van der Waals surface area contributed by atoms with Crippen molar-refractivity contribution in [2.45, 2.75) is 0 Å². The molecule has 0 aliphatic carbocycles. The van der Waals surface area contributed by atoms with Gasteiger partial charge in [0.2, 0.25) is 0 Å². The van der Waals surface area contributed by atoms with E-state index in [2.05, 4.69) is 32.4 Å². The predicted molar refractivity (Wildman–Crippen MR) is 131 cm³/mol. The number of hydrogen-bond donors (Lipinski definition) is 0. The summed E-state index contributed by atoms with van der Waals surface area (Å²) in [5.41, 5.74) is 2.84. The van der Waals surface area contributed by atoms with Crippen molar-refractivity contribution in [1.82, 2.24) is 14.9 Å². The zero-order valence-corrected chi connectivity index (χ0v) is 19.3. The molecule has 2 aromatic carbocycles. The largest absolute Gasteiger partial charge is 0.497 e. The molecule has 168 valence electrons. The molecule has 1 aliphatic rings. The number of benzene rings is 2. The third-order valence-electron chi connectivity index (χ3n) is 5.94. The van der Waals surface area contributed by atoms with Gasteiger partial charge in [0.05, 0.1) is 25.2 Å². The van der Waals surface area contributed by atoms with Crippen LogP contribution in [0.4, 0.5) is 5.82 Å². The Kier molecular flexibility index (Phi) is 5.83. The Bertz CT molecular complexity index is 1280. The van der Waals surface area contributed by atoms with E-state index in [9.17, 15) is 4.79 Å². The summed E-state index contributed by atoms with van der Waals surface area (Å²) in [6.07, 6.45) is 1.63. The van der Waals surface area contributed by atoms with Crippen LogP contribution in [0.3, 0.4) is 0 Å². The van der Waals surface area contributed by atoms with Crippen LogP contribution >= 0.6 is 11.3 Å². The van der Waals surface area contributed by atoms with Crippen molar-refractivity contribution in [1.29, 1.82) is 0 Å². The first-order chi connectivity index (χ1) is 16.2. The predicted octanol–water partition coefficient (Wildman–Crippen LogP) is 4.34. The van der Waals surface area contributed by atoms with Crippen LogP contribution in [0, 0.1) is 0 Å². The van der Waals surface area contributed by atoms with Gasteiger partial charge in [-0.15, -0.1) is 11.3 Å². The molecule has 7 nitrogen and oxygen atoms in total. The number of fused-ring (bicyclic) bond motifs is 1. The fourth-order valence-corrected chi connectivity index (χ4v) is 5.11. The van der Waals surface area contributed by atoms with Gasteiger partial charge in [0, 0.05) is 43.2 Å². The molecule has 0 spiro atoms. The maximum absolute atomic E-state index is 13.2. The SMILES string of the molecule is COc1ccc(C(=O)N2CCN(c3ncnc4scc(-c5ccccc5)c34)CC2)c(OC)c1. The Hall–Kier alpha value is -3.65. The van der Waals surface area contributed by atoms with Crippen LogP contribution in [0.1, 0.15) is 10.4 Å². The van der Waals surface area contributed by atoms with Gasteiger partial charge < -0.3 is 19.3 Å². The standard InChI is InChI=1S/C25H24N4O3S/c1-31-18-8-9-19(21(14-18)32-2)25(30)29-12-10-28(11-13-29)23-22-20(17-6-4-3-5-7-17)15-33-24(22)27-16-26-23/h3-9,14-16H,10-13H2,1-2H3.